The molecule has 1 aromatic rings. The molecule has 1 aliphatic carbocycles. The maximum Gasteiger partial charge on any atom is 0.279 e. The normalized spacial score (nSPS) is 24.4. The molecule has 1 aliphatic heterocycles. The molecule has 0 aromatic heterocycles. The lowest BCUT2D eigenvalue weighted by Gasteiger charge is -2.39. The van der Waals surface area contributed by atoms with Gasteiger partial charge in [-0.15, -0.1) is 0 Å². The van der Waals surface area contributed by atoms with Crippen LogP contribution in [0.15, 0.2) is 30.3 Å². The van der Waals surface area contributed by atoms with Crippen molar-refractivity contribution in [2.24, 2.45) is 5.92 Å². The lowest BCUT2D eigenvalue weighted by molar-refractivity contribution is 0.118. The number of nitrogens with one attached hydrogen (secondary N) is 1. The molecule has 0 radical (unpaired) electrons. The summed E-state index contributed by atoms with van der Waals surface area (Å²) in [4.78, 5) is 0. The second kappa shape index (κ2) is 8.83. The first kappa shape index (κ1) is 19.8. The molecule has 6 heteroatoms. The van der Waals surface area contributed by atoms with E-state index in [4.69, 9.17) is 4.74 Å². The van der Waals surface area contributed by atoms with Crippen molar-refractivity contribution in [3.05, 3.63) is 35.9 Å². The number of piperidine rings is 1. The molecule has 2 fully saturated rings. The Morgan fingerprint density at radius 3 is 2.58 bits per heavy atom. The van der Waals surface area contributed by atoms with E-state index in [2.05, 4.69) is 29.0 Å². The highest BCUT2D eigenvalue weighted by atomic mass is 32.2. The summed E-state index contributed by atoms with van der Waals surface area (Å²) in [5.41, 5.74) is 1.19. The fraction of sp³-hybridized carbons (Fsp3) is 0.700. The Hall–Kier alpha value is -0.950. The molecule has 1 unspecified atom stereocenters. The monoisotopic (exact) mass is 380 g/mol. The summed E-state index contributed by atoms with van der Waals surface area (Å²) in [7, 11) is -1.77. The molecule has 146 valence electrons. The van der Waals surface area contributed by atoms with Gasteiger partial charge in [-0.3, -0.25) is 0 Å². The maximum absolute atomic E-state index is 12.9. The topological polar surface area (TPSA) is 58.6 Å². The zero-order valence-electron chi connectivity index (χ0n) is 15.8. The fourth-order valence-electron chi connectivity index (χ4n) is 4.53. The molecule has 0 bridgehead atoms. The summed E-state index contributed by atoms with van der Waals surface area (Å²) in [5.74, 6) is 0.295. The number of ether oxygens (including phenoxy) is 1. The van der Waals surface area contributed by atoms with Gasteiger partial charge in [0.2, 0.25) is 0 Å². The first-order chi connectivity index (χ1) is 12.6. The van der Waals surface area contributed by atoms with Crippen LogP contribution in [0.4, 0.5) is 0 Å². The Balaban J connectivity index is 1.70. The van der Waals surface area contributed by atoms with Crippen LogP contribution in [-0.4, -0.2) is 46.1 Å². The summed E-state index contributed by atoms with van der Waals surface area (Å²) >= 11 is 0. The van der Waals surface area contributed by atoms with Crippen molar-refractivity contribution in [1.82, 2.24) is 9.03 Å². The number of nitrogens with zero attached hydrogens (tertiary/aromatic N) is 1. The molecule has 5 nitrogen and oxygen atoms in total. The highest BCUT2D eigenvalue weighted by Crippen LogP contribution is 2.39. The molecule has 0 spiro atoms. The van der Waals surface area contributed by atoms with Crippen LogP contribution >= 0.6 is 0 Å². The van der Waals surface area contributed by atoms with Crippen molar-refractivity contribution in [3.63, 3.8) is 0 Å². The second-order valence-corrected chi connectivity index (χ2v) is 9.61. The number of methoxy groups -OCH3 is 1. The van der Waals surface area contributed by atoms with Crippen molar-refractivity contribution in [1.29, 1.82) is 0 Å². The summed E-state index contributed by atoms with van der Waals surface area (Å²) in [6.45, 7) is 2.28. The molecule has 1 aromatic carbocycles. The summed E-state index contributed by atoms with van der Waals surface area (Å²) in [5, 5.41) is 0. The van der Waals surface area contributed by atoms with E-state index in [0.717, 1.165) is 38.5 Å². The summed E-state index contributed by atoms with van der Waals surface area (Å²) in [6, 6.07) is 10.4. The van der Waals surface area contributed by atoms with E-state index in [0.29, 0.717) is 32.2 Å². The van der Waals surface area contributed by atoms with E-state index < -0.39 is 10.2 Å². The number of hydrogen-bond acceptors (Lipinski definition) is 3. The van der Waals surface area contributed by atoms with Gasteiger partial charge in [0.25, 0.3) is 10.2 Å². The van der Waals surface area contributed by atoms with E-state index in [1.54, 1.807) is 11.4 Å². The Morgan fingerprint density at radius 2 is 1.88 bits per heavy atom. The van der Waals surface area contributed by atoms with Crippen LogP contribution in [0.2, 0.25) is 0 Å². The third-order valence-electron chi connectivity index (χ3n) is 6.01. The number of hydrogen-bond donors (Lipinski definition) is 1. The smallest absolute Gasteiger partial charge is 0.279 e. The van der Waals surface area contributed by atoms with Crippen molar-refractivity contribution >= 4 is 10.2 Å². The largest absolute Gasteiger partial charge is 0.384 e. The first-order valence-corrected chi connectivity index (χ1v) is 11.3. The third kappa shape index (κ3) is 4.66. The van der Waals surface area contributed by atoms with Crippen LogP contribution in [0.1, 0.15) is 50.5 Å². The second-order valence-electron chi connectivity index (χ2n) is 7.85. The molecule has 2 aliphatic rings. The lowest BCUT2D eigenvalue weighted by Crippen LogP contribution is -2.50. The van der Waals surface area contributed by atoms with Crippen molar-refractivity contribution in [3.8, 4) is 0 Å². The zero-order chi connectivity index (χ0) is 18.5. The van der Waals surface area contributed by atoms with Crippen molar-refractivity contribution in [2.75, 3.05) is 33.4 Å². The quantitative estimate of drug-likeness (QED) is 0.791. The van der Waals surface area contributed by atoms with Gasteiger partial charge in [0.15, 0.2) is 0 Å². The highest BCUT2D eigenvalue weighted by molar-refractivity contribution is 7.87. The van der Waals surface area contributed by atoms with Crippen LogP contribution in [-0.2, 0) is 20.4 Å². The van der Waals surface area contributed by atoms with Gasteiger partial charge in [-0.1, -0.05) is 49.6 Å². The summed E-state index contributed by atoms with van der Waals surface area (Å²) in [6.07, 6.45) is 7.60. The average Bonchev–Trinajstić information content (AvgIpc) is 2.68. The lowest BCUT2D eigenvalue weighted by atomic mass is 9.69. The van der Waals surface area contributed by atoms with Gasteiger partial charge in [-0.25, -0.2) is 4.72 Å². The predicted octanol–water partition coefficient (Wildman–Crippen LogP) is 3.08. The van der Waals surface area contributed by atoms with Crippen molar-refractivity contribution in [2.45, 2.75) is 50.4 Å². The maximum atomic E-state index is 12.9. The molecule has 1 atom stereocenters. The number of rotatable bonds is 7. The number of benzene rings is 1. The minimum atomic E-state index is -3.45. The molecule has 1 saturated heterocycles. The highest BCUT2D eigenvalue weighted by Gasteiger charge is 2.36. The van der Waals surface area contributed by atoms with E-state index in [-0.39, 0.29) is 5.41 Å². The first-order valence-electron chi connectivity index (χ1n) is 9.85. The molecule has 0 amide bonds. The van der Waals surface area contributed by atoms with Crippen LogP contribution in [0, 0.1) is 5.92 Å². The van der Waals surface area contributed by atoms with E-state index in [1.165, 1.54) is 12.0 Å². The van der Waals surface area contributed by atoms with Gasteiger partial charge >= 0.3 is 0 Å². The van der Waals surface area contributed by atoms with E-state index in [1.807, 2.05) is 6.07 Å². The fourth-order valence-corrected chi connectivity index (χ4v) is 5.94. The van der Waals surface area contributed by atoms with Gasteiger partial charge in [0, 0.05) is 32.2 Å². The van der Waals surface area contributed by atoms with Gasteiger partial charge in [-0.05, 0) is 37.2 Å². The molecule has 1 saturated carbocycles. The minimum absolute atomic E-state index is 0.0751. The molecular formula is C20H32N2O3S. The van der Waals surface area contributed by atoms with Crippen LogP contribution in [0.3, 0.4) is 0 Å². The van der Waals surface area contributed by atoms with Gasteiger partial charge in [0.1, 0.15) is 0 Å². The standard InChI is InChI=1S/C20H32N2O3S/c1-25-16-18-9-8-14-22(15-18)26(23,24)21-17-20(12-6-3-7-13-20)19-10-4-2-5-11-19/h2,4-5,10-11,18,21H,3,6-9,12-17H2,1H3. The molecule has 3 rings (SSSR count). The Kier molecular flexibility index (Phi) is 6.72. The Bertz CT molecular complexity index is 655. The van der Waals surface area contributed by atoms with Crippen LogP contribution in [0.25, 0.3) is 0 Å². The molecule has 1 heterocycles. The Labute approximate surface area is 158 Å². The van der Waals surface area contributed by atoms with Gasteiger partial charge < -0.3 is 4.74 Å². The van der Waals surface area contributed by atoms with E-state index >= 15 is 0 Å². The van der Waals surface area contributed by atoms with Crippen LogP contribution in [0.5, 0.6) is 0 Å². The zero-order valence-corrected chi connectivity index (χ0v) is 16.6. The third-order valence-corrected chi connectivity index (χ3v) is 7.53. The van der Waals surface area contributed by atoms with E-state index in [9.17, 15) is 8.42 Å². The molecular weight excluding hydrogens is 348 g/mol. The SMILES string of the molecule is COCC1CCCN(S(=O)(=O)NCC2(c3ccccc3)CCCCC2)C1. The molecule has 26 heavy (non-hydrogen) atoms. The van der Waals surface area contributed by atoms with Gasteiger partial charge in [-0.2, -0.15) is 12.7 Å². The van der Waals surface area contributed by atoms with Crippen LogP contribution < -0.4 is 4.72 Å². The summed E-state index contributed by atoms with van der Waals surface area (Å²) < 4.78 is 35.7. The Morgan fingerprint density at radius 1 is 1.15 bits per heavy atom. The average molecular weight is 381 g/mol. The predicted molar refractivity (Wildman–Crippen MR) is 104 cm³/mol. The van der Waals surface area contributed by atoms with Gasteiger partial charge in [0.05, 0.1) is 6.61 Å². The molecule has 1 N–H and O–H groups in total. The minimum Gasteiger partial charge on any atom is -0.384 e. The van der Waals surface area contributed by atoms with Crippen molar-refractivity contribution < 1.29 is 13.2 Å².